The lowest BCUT2D eigenvalue weighted by Crippen LogP contribution is -2.40. The molecule has 42 heavy (non-hydrogen) atoms. The topological polar surface area (TPSA) is 143 Å². The standard InChI is InChI=1S/C29H46N4O9/c1-23(2)28(38)39-19-9-30-24(34)4-3-8-29(20-40-25(35)5-10-31-13-14-31,21-41-26(36)6-11-32-15-16-32)22-42-27(37)7-12-33-17-18-33/h1,3-22H2,2H3,(H,30,34). The van der Waals surface area contributed by atoms with E-state index in [4.69, 9.17) is 18.9 Å². The van der Waals surface area contributed by atoms with Crippen LogP contribution in [0.2, 0.25) is 0 Å². The van der Waals surface area contributed by atoms with Crippen LogP contribution in [0.15, 0.2) is 12.2 Å². The van der Waals surface area contributed by atoms with Gasteiger partial charge in [0.05, 0.1) is 31.2 Å². The van der Waals surface area contributed by atoms with Gasteiger partial charge in [-0.3, -0.25) is 19.2 Å². The van der Waals surface area contributed by atoms with Gasteiger partial charge in [-0.2, -0.15) is 0 Å². The highest BCUT2D eigenvalue weighted by molar-refractivity contribution is 5.87. The number of hydrogen-bond acceptors (Lipinski definition) is 12. The average Bonchev–Trinajstić information content (AvgIpc) is 3.82. The maximum absolute atomic E-state index is 12.5. The molecular weight excluding hydrogens is 548 g/mol. The summed E-state index contributed by atoms with van der Waals surface area (Å²) in [5.74, 6) is -1.92. The smallest absolute Gasteiger partial charge is 0.333 e. The lowest BCUT2D eigenvalue weighted by atomic mass is 9.84. The molecule has 3 fully saturated rings. The fourth-order valence-corrected chi connectivity index (χ4v) is 4.06. The van der Waals surface area contributed by atoms with Crippen LogP contribution in [0.4, 0.5) is 0 Å². The number of nitrogens with zero attached hydrogens (tertiary/aromatic N) is 3. The predicted molar refractivity (Wildman–Crippen MR) is 151 cm³/mol. The summed E-state index contributed by atoms with van der Waals surface area (Å²) in [5, 5.41) is 2.70. The zero-order valence-corrected chi connectivity index (χ0v) is 24.9. The minimum absolute atomic E-state index is 0.0233. The molecule has 13 heteroatoms. The number of hydrogen-bond donors (Lipinski definition) is 1. The highest BCUT2D eigenvalue weighted by Crippen LogP contribution is 2.28. The zero-order chi connectivity index (χ0) is 30.4. The first-order valence-corrected chi connectivity index (χ1v) is 14.9. The van der Waals surface area contributed by atoms with Gasteiger partial charge in [0.25, 0.3) is 0 Å². The molecule has 0 aliphatic carbocycles. The van der Waals surface area contributed by atoms with E-state index in [1.54, 1.807) is 6.92 Å². The number of nitrogens with one attached hydrogen (secondary N) is 1. The van der Waals surface area contributed by atoms with Crippen LogP contribution in [0, 0.1) is 5.41 Å². The molecule has 0 radical (unpaired) electrons. The van der Waals surface area contributed by atoms with Crippen molar-refractivity contribution in [3.05, 3.63) is 12.2 Å². The molecular formula is C29H46N4O9. The summed E-state index contributed by atoms with van der Waals surface area (Å²) in [4.78, 5) is 67.8. The number of carbonyl (C=O) groups excluding carboxylic acids is 5. The summed E-state index contributed by atoms with van der Waals surface area (Å²) < 4.78 is 21.9. The molecule has 3 aliphatic rings. The largest absolute Gasteiger partial charge is 0.465 e. The fraction of sp³-hybridized carbons (Fsp3) is 0.759. The molecule has 0 saturated carbocycles. The Hall–Kier alpha value is -3.03. The monoisotopic (exact) mass is 594 g/mol. The minimum atomic E-state index is -1.00. The van der Waals surface area contributed by atoms with E-state index < -0.39 is 11.4 Å². The van der Waals surface area contributed by atoms with Crippen LogP contribution in [0.5, 0.6) is 0 Å². The highest BCUT2D eigenvalue weighted by Gasteiger charge is 2.36. The van der Waals surface area contributed by atoms with E-state index in [1.807, 2.05) is 0 Å². The Morgan fingerprint density at radius 2 is 1.12 bits per heavy atom. The van der Waals surface area contributed by atoms with Crippen molar-refractivity contribution in [1.82, 2.24) is 20.0 Å². The quantitative estimate of drug-likeness (QED) is 0.0564. The highest BCUT2D eigenvalue weighted by atomic mass is 16.6. The Balaban J connectivity index is 1.55. The third-order valence-corrected chi connectivity index (χ3v) is 7.25. The van der Waals surface area contributed by atoms with Crippen molar-refractivity contribution in [1.29, 1.82) is 0 Å². The van der Waals surface area contributed by atoms with Gasteiger partial charge >= 0.3 is 23.9 Å². The molecule has 1 amide bonds. The molecule has 1 N–H and O–H groups in total. The van der Waals surface area contributed by atoms with E-state index in [2.05, 4.69) is 26.6 Å². The van der Waals surface area contributed by atoms with E-state index in [1.165, 1.54) is 0 Å². The van der Waals surface area contributed by atoms with Crippen LogP contribution in [-0.4, -0.2) is 136 Å². The van der Waals surface area contributed by atoms with Gasteiger partial charge in [-0.15, -0.1) is 0 Å². The van der Waals surface area contributed by atoms with E-state index in [0.29, 0.717) is 32.5 Å². The van der Waals surface area contributed by atoms with E-state index in [-0.39, 0.29) is 88.0 Å². The fourth-order valence-electron chi connectivity index (χ4n) is 4.06. The van der Waals surface area contributed by atoms with Crippen molar-refractivity contribution in [2.24, 2.45) is 5.41 Å². The summed E-state index contributed by atoms with van der Waals surface area (Å²) >= 11 is 0. The van der Waals surface area contributed by atoms with Gasteiger partial charge in [0.1, 0.15) is 26.4 Å². The van der Waals surface area contributed by atoms with Gasteiger partial charge in [-0.25, -0.2) is 4.79 Å². The number of amides is 1. The summed E-state index contributed by atoms with van der Waals surface area (Å²) in [6.45, 7) is 12.6. The number of esters is 4. The Labute approximate surface area is 247 Å². The van der Waals surface area contributed by atoms with Crippen molar-refractivity contribution in [3.8, 4) is 0 Å². The number of ether oxygens (including phenoxy) is 4. The third kappa shape index (κ3) is 14.7. The molecule has 0 aromatic rings. The maximum atomic E-state index is 12.5. The normalized spacial score (nSPS) is 16.3. The van der Waals surface area contributed by atoms with Crippen molar-refractivity contribution in [2.75, 3.05) is 91.9 Å². The molecule has 3 saturated heterocycles. The molecule has 0 bridgehead atoms. The lowest BCUT2D eigenvalue weighted by molar-refractivity contribution is -0.163. The number of carbonyl (C=O) groups is 5. The van der Waals surface area contributed by atoms with E-state index in [9.17, 15) is 24.0 Å². The number of rotatable bonds is 23. The van der Waals surface area contributed by atoms with Crippen LogP contribution < -0.4 is 5.32 Å². The SMILES string of the molecule is C=C(C)C(=O)OCCNC(=O)CCCC(COC(=O)CCN1CC1)(COC(=O)CCN1CC1)COC(=O)CCN1CC1. The Morgan fingerprint density at radius 3 is 1.50 bits per heavy atom. The van der Waals surface area contributed by atoms with Crippen LogP contribution in [0.25, 0.3) is 0 Å². The first-order chi connectivity index (χ1) is 20.1. The third-order valence-electron chi connectivity index (χ3n) is 7.25. The van der Waals surface area contributed by atoms with E-state index in [0.717, 1.165) is 39.3 Å². The predicted octanol–water partition coefficient (Wildman–Crippen LogP) is 0.125. The summed E-state index contributed by atoms with van der Waals surface area (Å²) in [6, 6.07) is 0. The zero-order valence-electron chi connectivity index (χ0n) is 24.9. The molecule has 3 heterocycles. The molecule has 0 unspecified atom stereocenters. The first-order valence-electron chi connectivity index (χ1n) is 14.9. The van der Waals surface area contributed by atoms with Crippen molar-refractivity contribution >= 4 is 29.8 Å². The Bertz CT molecular complexity index is 882. The van der Waals surface area contributed by atoms with Gasteiger partial charge in [0.2, 0.25) is 5.91 Å². The van der Waals surface area contributed by atoms with Gasteiger partial charge in [-0.05, 0) is 19.8 Å². The van der Waals surface area contributed by atoms with Crippen LogP contribution in [-0.2, 0) is 42.9 Å². The van der Waals surface area contributed by atoms with Gasteiger partial charge in [0, 0.05) is 70.9 Å². The second-order valence-electron chi connectivity index (χ2n) is 11.4. The molecule has 0 aromatic heterocycles. The van der Waals surface area contributed by atoms with Crippen molar-refractivity contribution in [2.45, 2.75) is 45.4 Å². The van der Waals surface area contributed by atoms with Crippen LogP contribution >= 0.6 is 0 Å². The molecule has 0 aromatic carbocycles. The van der Waals surface area contributed by atoms with Crippen LogP contribution in [0.3, 0.4) is 0 Å². The van der Waals surface area contributed by atoms with Crippen LogP contribution in [0.1, 0.15) is 45.4 Å². The molecule has 3 aliphatic heterocycles. The molecule has 3 rings (SSSR count). The van der Waals surface area contributed by atoms with Crippen molar-refractivity contribution < 1.29 is 42.9 Å². The molecule has 13 nitrogen and oxygen atoms in total. The summed E-state index contributed by atoms with van der Waals surface area (Å²) in [5.41, 5.74) is -0.724. The van der Waals surface area contributed by atoms with E-state index >= 15 is 0 Å². The van der Waals surface area contributed by atoms with Gasteiger partial charge in [-0.1, -0.05) is 6.58 Å². The van der Waals surface area contributed by atoms with Gasteiger partial charge < -0.3 is 39.0 Å². The van der Waals surface area contributed by atoms with Gasteiger partial charge in [0.15, 0.2) is 0 Å². The lowest BCUT2D eigenvalue weighted by Gasteiger charge is -2.32. The second-order valence-corrected chi connectivity index (χ2v) is 11.4. The minimum Gasteiger partial charge on any atom is -0.465 e. The summed E-state index contributed by atoms with van der Waals surface area (Å²) in [6.07, 6.45) is 1.51. The molecule has 236 valence electrons. The Kier molecular flexibility index (Phi) is 13.7. The first kappa shape index (κ1) is 33.5. The molecule has 0 spiro atoms. The molecule has 0 atom stereocenters. The Morgan fingerprint density at radius 1 is 0.690 bits per heavy atom. The summed E-state index contributed by atoms with van der Waals surface area (Å²) in [7, 11) is 0. The average molecular weight is 595 g/mol. The second kappa shape index (κ2) is 17.2. The maximum Gasteiger partial charge on any atom is 0.333 e. The van der Waals surface area contributed by atoms with Crippen molar-refractivity contribution in [3.63, 3.8) is 0 Å².